The second kappa shape index (κ2) is 6.07. The molecule has 0 spiro atoms. The van der Waals surface area contributed by atoms with E-state index in [4.69, 9.17) is 0 Å². The SMILES string of the molecule is Cc1ccccc1CNC(=O)C1CC1C(=O)NC(C)C. The average molecular weight is 274 g/mol. The van der Waals surface area contributed by atoms with Crippen LogP contribution in [-0.2, 0) is 16.1 Å². The fourth-order valence-corrected chi connectivity index (χ4v) is 2.29. The van der Waals surface area contributed by atoms with Crippen molar-refractivity contribution < 1.29 is 9.59 Å². The quantitative estimate of drug-likeness (QED) is 0.859. The van der Waals surface area contributed by atoms with Crippen LogP contribution in [0, 0.1) is 18.8 Å². The molecule has 2 amide bonds. The van der Waals surface area contributed by atoms with Crippen molar-refractivity contribution in [2.24, 2.45) is 11.8 Å². The predicted octanol–water partition coefficient (Wildman–Crippen LogP) is 1.77. The highest BCUT2D eigenvalue weighted by atomic mass is 16.2. The van der Waals surface area contributed by atoms with Crippen LogP contribution in [0.25, 0.3) is 0 Å². The Balaban J connectivity index is 1.80. The molecule has 0 bridgehead atoms. The third-order valence-corrected chi connectivity index (χ3v) is 3.61. The van der Waals surface area contributed by atoms with Crippen molar-refractivity contribution in [2.75, 3.05) is 0 Å². The Morgan fingerprint density at radius 3 is 2.50 bits per heavy atom. The first-order chi connectivity index (χ1) is 9.49. The van der Waals surface area contributed by atoms with Gasteiger partial charge in [0.2, 0.25) is 11.8 Å². The monoisotopic (exact) mass is 274 g/mol. The van der Waals surface area contributed by atoms with Crippen LogP contribution >= 0.6 is 0 Å². The molecule has 20 heavy (non-hydrogen) atoms. The maximum Gasteiger partial charge on any atom is 0.224 e. The Kier molecular flexibility index (Phi) is 4.42. The third-order valence-electron chi connectivity index (χ3n) is 3.61. The molecule has 1 aliphatic carbocycles. The van der Waals surface area contributed by atoms with Crippen LogP contribution in [0.2, 0.25) is 0 Å². The Morgan fingerprint density at radius 2 is 1.85 bits per heavy atom. The fourth-order valence-electron chi connectivity index (χ4n) is 2.29. The van der Waals surface area contributed by atoms with Gasteiger partial charge < -0.3 is 10.6 Å². The summed E-state index contributed by atoms with van der Waals surface area (Å²) in [5.74, 6) is -0.319. The van der Waals surface area contributed by atoms with Gasteiger partial charge in [-0.05, 0) is 38.3 Å². The highest BCUT2D eigenvalue weighted by Crippen LogP contribution is 2.38. The molecule has 4 heteroatoms. The topological polar surface area (TPSA) is 58.2 Å². The second-order valence-corrected chi connectivity index (χ2v) is 5.76. The second-order valence-electron chi connectivity index (χ2n) is 5.76. The molecule has 108 valence electrons. The van der Waals surface area contributed by atoms with E-state index in [1.807, 2.05) is 45.0 Å². The van der Waals surface area contributed by atoms with Crippen molar-refractivity contribution in [3.8, 4) is 0 Å². The maximum absolute atomic E-state index is 12.0. The van der Waals surface area contributed by atoms with E-state index in [2.05, 4.69) is 10.6 Å². The first kappa shape index (κ1) is 14.6. The summed E-state index contributed by atoms with van der Waals surface area (Å²) in [5.41, 5.74) is 2.28. The van der Waals surface area contributed by atoms with E-state index in [0.29, 0.717) is 13.0 Å². The number of carbonyl (C=O) groups excluding carboxylic acids is 2. The molecule has 1 fully saturated rings. The molecule has 1 aromatic rings. The molecule has 0 aromatic heterocycles. The van der Waals surface area contributed by atoms with Crippen molar-refractivity contribution in [3.63, 3.8) is 0 Å². The fraction of sp³-hybridized carbons (Fsp3) is 0.500. The molecule has 2 rings (SSSR count). The molecule has 0 aliphatic heterocycles. The lowest BCUT2D eigenvalue weighted by molar-refractivity contribution is -0.127. The van der Waals surface area contributed by atoms with Gasteiger partial charge in [-0.2, -0.15) is 0 Å². The van der Waals surface area contributed by atoms with Crippen LogP contribution in [0.1, 0.15) is 31.4 Å². The Bertz CT molecular complexity index is 511. The van der Waals surface area contributed by atoms with Gasteiger partial charge in [-0.3, -0.25) is 9.59 Å². The summed E-state index contributed by atoms with van der Waals surface area (Å²) in [7, 11) is 0. The molecule has 1 aromatic carbocycles. The van der Waals surface area contributed by atoms with Gasteiger partial charge in [0.15, 0.2) is 0 Å². The molecule has 0 heterocycles. The van der Waals surface area contributed by atoms with Crippen molar-refractivity contribution in [1.29, 1.82) is 0 Å². The van der Waals surface area contributed by atoms with Gasteiger partial charge in [-0.1, -0.05) is 24.3 Å². The van der Waals surface area contributed by atoms with Crippen molar-refractivity contribution in [1.82, 2.24) is 10.6 Å². The minimum Gasteiger partial charge on any atom is -0.354 e. The first-order valence-corrected chi connectivity index (χ1v) is 7.11. The van der Waals surface area contributed by atoms with Gasteiger partial charge in [-0.25, -0.2) is 0 Å². The average Bonchev–Trinajstić information content (AvgIpc) is 3.17. The normalized spacial score (nSPS) is 20.6. The van der Waals surface area contributed by atoms with E-state index in [1.54, 1.807) is 0 Å². The third kappa shape index (κ3) is 3.59. The minimum atomic E-state index is -0.155. The van der Waals surface area contributed by atoms with Gasteiger partial charge in [0.05, 0.1) is 11.8 Å². The molecule has 0 radical (unpaired) electrons. The molecule has 2 atom stereocenters. The molecule has 0 saturated heterocycles. The summed E-state index contributed by atoms with van der Waals surface area (Å²) in [6.45, 7) is 6.40. The molecule has 2 unspecified atom stereocenters. The summed E-state index contributed by atoms with van der Waals surface area (Å²) < 4.78 is 0. The molecule has 2 N–H and O–H groups in total. The minimum absolute atomic E-state index is 0.00367. The Morgan fingerprint density at radius 1 is 1.20 bits per heavy atom. The Hall–Kier alpha value is -1.84. The van der Waals surface area contributed by atoms with Crippen molar-refractivity contribution in [2.45, 2.75) is 39.8 Å². The lowest BCUT2D eigenvalue weighted by Gasteiger charge is -2.09. The molecule has 1 aliphatic rings. The molecule has 1 saturated carbocycles. The number of nitrogens with one attached hydrogen (secondary N) is 2. The van der Waals surface area contributed by atoms with E-state index in [9.17, 15) is 9.59 Å². The number of aryl methyl sites for hydroxylation is 1. The van der Waals surface area contributed by atoms with Crippen LogP contribution in [0.4, 0.5) is 0 Å². The van der Waals surface area contributed by atoms with Crippen LogP contribution in [-0.4, -0.2) is 17.9 Å². The Labute approximate surface area is 119 Å². The summed E-state index contributed by atoms with van der Waals surface area (Å²) in [4.78, 5) is 23.8. The van der Waals surface area contributed by atoms with Crippen LogP contribution < -0.4 is 10.6 Å². The molecular formula is C16H22N2O2. The van der Waals surface area contributed by atoms with Crippen molar-refractivity contribution in [3.05, 3.63) is 35.4 Å². The number of rotatable bonds is 5. The lowest BCUT2D eigenvalue weighted by atomic mass is 10.1. The summed E-state index contributed by atoms with van der Waals surface area (Å²) >= 11 is 0. The zero-order valence-electron chi connectivity index (χ0n) is 12.3. The first-order valence-electron chi connectivity index (χ1n) is 7.11. The van der Waals surface area contributed by atoms with Crippen LogP contribution in [0.5, 0.6) is 0 Å². The summed E-state index contributed by atoms with van der Waals surface area (Å²) in [5, 5.41) is 5.77. The van der Waals surface area contributed by atoms with Crippen molar-refractivity contribution >= 4 is 11.8 Å². The van der Waals surface area contributed by atoms with E-state index >= 15 is 0 Å². The number of amides is 2. The van der Waals surface area contributed by atoms with Gasteiger partial charge >= 0.3 is 0 Å². The van der Waals surface area contributed by atoms with Gasteiger partial charge in [0.1, 0.15) is 0 Å². The van der Waals surface area contributed by atoms with Gasteiger partial charge in [0.25, 0.3) is 0 Å². The standard InChI is InChI=1S/C16H22N2O2/c1-10(2)18-16(20)14-8-13(14)15(19)17-9-12-7-5-4-6-11(12)3/h4-7,10,13-14H,8-9H2,1-3H3,(H,17,19)(H,18,20). The van der Waals surface area contributed by atoms with E-state index < -0.39 is 0 Å². The van der Waals surface area contributed by atoms with E-state index in [0.717, 1.165) is 11.1 Å². The summed E-state index contributed by atoms with van der Waals surface area (Å²) in [6, 6.07) is 8.10. The summed E-state index contributed by atoms with van der Waals surface area (Å²) in [6.07, 6.45) is 0.665. The number of benzene rings is 1. The largest absolute Gasteiger partial charge is 0.354 e. The van der Waals surface area contributed by atoms with Gasteiger partial charge in [0, 0.05) is 12.6 Å². The number of carbonyl (C=O) groups is 2. The maximum atomic E-state index is 12.0. The zero-order chi connectivity index (χ0) is 14.7. The van der Waals surface area contributed by atoms with E-state index in [1.165, 1.54) is 0 Å². The highest BCUT2D eigenvalue weighted by molar-refractivity contribution is 5.92. The zero-order valence-corrected chi connectivity index (χ0v) is 12.3. The number of hydrogen-bond donors (Lipinski definition) is 2. The molecular weight excluding hydrogens is 252 g/mol. The van der Waals surface area contributed by atoms with Crippen LogP contribution in [0.3, 0.4) is 0 Å². The predicted molar refractivity (Wildman–Crippen MR) is 77.9 cm³/mol. The van der Waals surface area contributed by atoms with Gasteiger partial charge in [-0.15, -0.1) is 0 Å². The van der Waals surface area contributed by atoms with E-state index in [-0.39, 0.29) is 29.7 Å². The lowest BCUT2D eigenvalue weighted by Crippen LogP contribution is -2.33. The molecule has 4 nitrogen and oxygen atoms in total. The number of hydrogen-bond acceptors (Lipinski definition) is 2. The van der Waals surface area contributed by atoms with Crippen LogP contribution in [0.15, 0.2) is 24.3 Å². The highest BCUT2D eigenvalue weighted by Gasteiger charge is 2.47. The smallest absolute Gasteiger partial charge is 0.224 e.